The molecular weight excluding hydrogens is 244 g/mol. The predicted octanol–water partition coefficient (Wildman–Crippen LogP) is 1.93. The molecule has 0 aliphatic heterocycles. The highest BCUT2D eigenvalue weighted by molar-refractivity contribution is 5.77. The third-order valence-electron chi connectivity index (χ3n) is 2.83. The highest BCUT2D eigenvalue weighted by Crippen LogP contribution is 2.09. The Kier molecular flexibility index (Phi) is 5.99. The summed E-state index contributed by atoms with van der Waals surface area (Å²) in [6.45, 7) is 4.17. The smallest absolute Gasteiger partial charge is 0.308 e. The van der Waals surface area contributed by atoms with Gasteiger partial charge in [0.15, 0.2) is 0 Å². The van der Waals surface area contributed by atoms with Crippen LogP contribution in [-0.2, 0) is 16.1 Å². The molecule has 0 spiro atoms. The van der Waals surface area contributed by atoms with Gasteiger partial charge >= 0.3 is 5.97 Å². The monoisotopic (exact) mass is 264 g/mol. The van der Waals surface area contributed by atoms with Gasteiger partial charge in [-0.2, -0.15) is 0 Å². The molecular formula is C14H20N2O3. The number of carbonyl (C=O) groups excluding carboxylic acids is 1. The third-order valence-corrected chi connectivity index (χ3v) is 2.83. The quantitative estimate of drug-likeness (QED) is 0.817. The van der Waals surface area contributed by atoms with Crippen LogP contribution in [0.25, 0.3) is 0 Å². The fourth-order valence-electron chi connectivity index (χ4n) is 1.75. The molecule has 0 aliphatic rings. The molecule has 5 heteroatoms. The molecule has 1 unspecified atom stereocenters. The average molecular weight is 264 g/mol. The Balaban J connectivity index is 2.74. The van der Waals surface area contributed by atoms with Crippen LogP contribution in [0.15, 0.2) is 24.5 Å². The van der Waals surface area contributed by atoms with E-state index in [1.165, 1.54) is 0 Å². The lowest BCUT2D eigenvalue weighted by Crippen LogP contribution is -2.36. The first-order valence-corrected chi connectivity index (χ1v) is 6.44. The van der Waals surface area contributed by atoms with E-state index in [-0.39, 0.29) is 12.5 Å². The minimum absolute atomic E-state index is 0.0144. The Hall–Kier alpha value is -1.91. The maximum absolute atomic E-state index is 12.0. The van der Waals surface area contributed by atoms with Crippen LogP contribution in [0.1, 0.15) is 32.3 Å². The molecule has 104 valence electrons. The molecule has 19 heavy (non-hydrogen) atoms. The van der Waals surface area contributed by atoms with Gasteiger partial charge in [0.05, 0.1) is 5.92 Å². The van der Waals surface area contributed by atoms with Crippen LogP contribution < -0.4 is 0 Å². The van der Waals surface area contributed by atoms with Crippen molar-refractivity contribution < 1.29 is 14.7 Å². The Bertz CT molecular complexity index is 420. The van der Waals surface area contributed by atoms with E-state index in [9.17, 15) is 9.59 Å². The number of aliphatic carboxylic acids is 1. The summed E-state index contributed by atoms with van der Waals surface area (Å²) < 4.78 is 0. The van der Waals surface area contributed by atoms with Crippen molar-refractivity contribution in [2.75, 3.05) is 6.54 Å². The first-order chi connectivity index (χ1) is 9.04. The number of nitrogens with zero attached hydrogens (tertiary/aromatic N) is 2. The molecule has 0 fully saturated rings. The van der Waals surface area contributed by atoms with Crippen molar-refractivity contribution in [2.45, 2.75) is 33.2 Å². The van der Waals surface area contributed by atoms with Crippen molar-refractivity contribution in [2.24, 2.45) is 5.92 Å². The summed E-state index contributed by atoms with van der Waals surface area (Å²) in [5.41, 5.74) is 0.907. The predicted molar refractivity (Wildman–Crippen MR) is 71.4 cm³/mol. The van der Waals surface area contributed by atoms with Crippen LogP contribution in [0.5, 0.6) is 0 Å². The Morgan fingerprint density at radius 2 is 2.21 bits per heavy atom. The number of carboxylic acids is 1. The minimum Gasteiger partial charge on any atom is -0.481 e. The molecule has 0 radical (unpaired) electrons. The Morgan fingerprint density at radius 1 is 1.47 bits per heavy atom. The third kappa shape index (κ3) is 5.07. The van der Waals surface area contributed by atoms with E-state index in [0.717, 1.165) is 12.0 Å². The molecule has 1 amide bonds. The van der Waals surface area contributed by atoms with E-state index < -0.39 is 11.9 Å². The maximum Gasteiger partial charge on any atom is 0.308 e. The number of rotatable bonds is 7. The molecule has 1 aromatic heterocycles. The Labute approximate surface area is 113 Å². The van der Waals surface area contributed by atoms with Crippen molar-refractivity contribution in [1.82, 2.24) is 9.88 Å². The maximum atomic E-state index is 12.0. The van der Waals surface area contributed by atoms with Crippen LogP contribution in [-0.4, -0.2) is 33.4 Å². The molecule has 0 bridgehead atoms. The normalized spacial score (nSPS) is 11.9. The molecule has 1 aromatic rings. The summed E-state index contributed by atoms with van der Waals surface area (Å²) in [4.78, 5) is 28.5. The van der Waals surface area contributed by atoms with E-state index in [1.54, 1.807) is 30.3 Å². The zero-order chi connectivity index (χ0) is 14.3. The van der Waals surface area contributed by atoms with Crippen molar-refractivity contribution in [3.05, 3.63) is 30.1 Å². The Morgan fingerprint density at radius 3 is 2.74 bits per heavy atom. The van der Waals surface area contributed by atoms with Crippen LogP contribution >= 0.6 is 0 Å². The van der Waals surface area contributed by atoms with Gasteiger partial charge in [0.2, 0.25) is 5.91 Å². The van der Waals surface area contributed by atoms with Gasteiger partial charge in [0.25, 0.3) is 0 Å². The van der Waals surface area contributed by atoms with E-state index in [2.05, 4.69) is 4.98 Å². The molecule has 5 nitrogen and oxygen atoms in total. The fraction of sp³-hybridized carbons (Fsp3) is 0.500. The summed E-state index contributed by atoms with van der Waals surface area (Å²) >= 11 is 0. The summed E-state index contributed by atoms with van der Waals surface area (Å²) in [6.07, 6.45) is 4.55. The van der Waals surface area contributed by atoms with Crippen molar-refractivity contribution in [1.29, 1.82) is 0 Å². The van der Waals surface area contributed by atoms with E-state index in [1.807, 2.05) is 13.0 Å². The van der Waals surface area contributed by atoms with Gasteiger partial charge in [-0.05, 0) is 18.1 Å². The zero-order valence-electron chi connectivity index (χ0n) is 11.4. The van der Waals surface area contributed by atoms with E-state index in [0.29, 0.717) is 13.0 Å². The molecule has 0 saturated carbocycles. The van der Waals surface area contributed by atoms with Gasteiger partial charge in [-0.25, -0.2) is 0 Å². The average Bonchev–Trinajstić information content (AvgIpc) is 2.39. The number of aromatic nitrogens is 1. The second-order valence-corrected chi connectivity index (χ2v) is 4.62. The number of carbonyl (C=O) groups is 2. The van der Waals surface area contributed by atoms with Crippen LogP contribution in [0.4, 0.5) is 0 Å². The highest BCUT2D eigenvalue weighted by atomic mass is 16.4. The molecule has 0 saturated heterocycles. The summed E-state index contributed by atoms with van der Waals surface area (Å²) in [5, 5.41) is 8.96. The molecule has 0 aliphatic carbocycles. The number of hydrogen-bond donors (Lipinski definition) is 1. The van der Waals surface area contributed by atoms with Crippen molar-refractivity contribution in [3.63, 3.8) is 0 Å². The SMILES string of the molecule is CCCC(=O)N(Cc1cccnc1)CC(C)C(=O)O. The zero-order valence-corrected chi connectivity index (χ0v) is 11.4. The number of carboxylic acid groups (broad SMARTS) is 1. The number of hydrogen-bond acceptors (Lipinski definition) is 3. The first kappa shape index (κ1) is 15.1. The standard InChI is InChI=1S/C14H20N2O3/c1-3-5-13(17)16(9-11(2)14(18)19)10-12-6-4-7-15-8-12/h4,6-8,11H,3,5,9-10H2,1-2H3,(H,18,19). The van der Waals surface area contributed by atoms with Crippen molar-refractivity contribution in [3.8, 4) is 0 Å². The van der Waals surface area contributed by atoms with Gasteiger partial charge in [-0.1, -0.05) is 19.9 Å². The van der Waals surface area contributed by atoms with Crippen molar-refractivity contribution >= 4 is 11.9 Å². The van der Waals surface area contributed by atoms with Crippen LogP contribution in [0.3, 0.4) is 0 Å². The van der Waals surface area contributed by atoms with E-state index in [4.69, 9.17) is 5.11 Å². The fourth-order valence-corrected chi connectivity index (χ4v) is 1.75. The van der Waals surface area contributed by atoms with Gasteiger partial charge < -0.3 is 10.0 Å². The van der Waals surface area contributed by atoms with Gasteiger partial charge in [-0.15, -0.1) is 0 Å². The second kappa shape index (κ2) is 7.51. The van der Waals surface area contributed by atoms with E-state index >= 15 is 0 Å². The molecule has 1 atom stereocenters. The lowest BCUT2D eigenvalue weighted by molar-refractivity contribution is -0.143. The largest absolute Gasteiger partial charge is 0.481 e. The lowest BCUT2D eigenvalue weighted by Gasteiger charge is -2.24. The molecule has 1 heterocycles. The highest BCUT2D eigenvalue weighted by Gasteiger charge is 2.20. The molecule has 1 N–H and O–H groups in total. The number of pyridine rings is 1. The topological polar surface area (TPSA) is 70.5 Å². The molecule has 0 aromatic carbocycles. The lowest BCUT2D eigenvalue weighted by atomic mass is 10.1. The molecule has 1 rings (SSSR count). The van der Waals surface area contributed by atoms with Gasteiger partial charge in [0, 0.05) is 31.9 Å². The second-order valence-electron chi connectivity index (χ2n) is 4.62. The van der Waals surface area contributed by atoms with Crippen LogP contribution in [0, 0.1) is 5.92 Å². The van der Waals surface area contributed by atoms with Gasteiger partial charge in [0.1, 0.15) is 0 Å². The van der Waals surface area contributed by atoms with Gasteiger partial charge in [-0.3, -0.25) is 14.6 Å². The minimum atomic E-state index is -0.888. The van der Waals surface area contributed by atoms with Crippen LogP contribution in [0.2, 0.25) is 0 Å². The first-order valence-electron chi connectivity index (χ1n) is 6.44. The summed E-state index contributed by atoms with van der Waals surface area (Å²) in [5.74, 6) is -1.47. The number of amides is 1. The summed E-state index contributed by atoms with van der Waals surface area (Å²) in [7, 11) is 0. The summed E-state index contributed by atoms with van der Waals surface area (Å²) in [6, 6.07) is 3.68.